The van der Waals surface area contributed by atoms with Crippen molar-refractivity contribution >= 4 is 23.6 Å². The quantitative estimate of drug-likeness (QED) is 0.447. The first-order valence-electron chi connectivity index (χ1n) is 11.0. The largest absolute Gasteiger partial charge is 0.356 e. The third-order valence-electron chi connectivity index (χ3n) is 6.63. The van der Waals surface area contributed by atoms with Crippen LogP contribution in [-0.4, -0.2) is 60.2 Å². The molecule has 168 valence electrons. The lowest BCUT2D eigenvalue weighted by atomic mass is 9.85. The van der Waals surface area contributed by atoms with Gasteiger partial charge in [0, 0.05) is 26.6 Å². The average Bonchev–Trinajstić information content (AvgIpc) is 3.34. The fourth-order valence-corrected chi connectivity index (χ4v) is 5.06. The minimum atomic E-state index is -0.695. The molecule has 4 amide bonds. The van der Waals surface area contributed by atoms with E-state index in [0.717, 1.165) is 25.7 Å². The van der Waals surface area contributed by atoms with Gasteiger partial charge in [0.1, 0.15) is 12.1 Å². The maximum absolute atomic E-state index is 13.5. The Morgan fingerprint density at radius 1 is 1.20 bits per heavy atom. The summed E-state index contributed by atoms with van der Waals surface area (Å²) < 4.78 is 0. The van der Waals surface area contributed by atoms with E-state index in [1.165, 1.54) is 6.92 Å². The maximum atomic E-state index is 13.5. The lowest BCUT2D eigenvalue weighted by Gasteiger charge is -2.36. The molecule has 0 bridgehead atoms. The Kier molecular flexibility index (Phi) is 6.69. The fourth-order valence-electron chi connectivity index (χ4n) is 5.06. The van der Waals surface area contributed by atoms with Crippen LogP contribution in [0.3, 0.4) is 0 Å². The molecule has 1 saturated carbocycles. The van der Waals surface area contributed by atoms with E-state index in [2.05, 4.69) is 21.5 Å². The Morgan fingerprint density at radius 3 is 2.53 bits per heavy atom. The standard InChI is InChI=1S/C21H35N5O4/c1-12(27)24-17(21(2,3)4)20(30)26-11-14-6-5-7-15(14)16(26)19(29)25-23-10-13-8-9-22-18(13)28/h13-17,23H,5-11H2,1-4H3,(H,22,28)(H,24,27)(H,25,29)/t13-,14-,15-,16-,17+/m0/s1. The van der Waals surface area contributed by atoms with Crippen molar-refractivity contribution in [3.63, 3.8) is 0 Å². The van der Waals surface area contributed by atoms with Crippen molar-refractivity contribution in [1.29, 1.82) is 0 Å². The number of amides is 4. The van der Waals surface area contributed by atoms with Crippen LogP contribution in [0.15, 0.2) is 0 Å². The summed E-state index contributed by atoms with van der Waals surface area (Å²) in [6.07, 6.45) is 3.72. The molecular weight excluding hydrogens is 386 g/mol. The first-order chi connectivity index (χ1) is 14.1. The Hall–Kier alpha value is -2.16. The zero-order valence-corrected chi connectivity index (χ0v) is 18.4. The van der Waals surface area contributed by atoms with Gasteiger partial charge in [0.05, 0.1) is 5.92 Å². The number of nitrogens with one attached hydrogen (secondary N) is 4. The maximum Gasteiger partial charge on any atom is 0.257 e. The fraction of sp³-hybridized carbons (Fsp3) is 0.810. The summed E-state index contributed by atoms with van der Waals surface area (Å²) in [6.45, 7) is 8.69. The zero-order valence-electron chi connectivity index (χ0n) is 18.4. The summed E-state index contributed by atoms with van der Waals surface area (Å²) in [4.78, 5) is 51.6. The molecule has 9 nitrogen and oxygen atoms in total. The van der Waals surface area contributed by atoms with E-state index in [0.29, 0.717) is 25.6 Å². The van der Waals surface area contributed by atoms with E-state index in [-0.39, 0.29) is 35.5 Å². The van der Waals surface area contributed by atoms with Gasteiger partial charge in [0.2, 0.25) is 17.7 Å². The van der Waals surface area contributed by atoms with Gasteiger partial charge < -0.3 is 15.5 Å². The predicted molar refractivity (Wildman–Crippen MR) is 111 cm³/mol. The Morgan fingerprint density at radius 2 is 1.93 bits per heavy atom. The topological polar surface area (TPSA) is 120 Å². The molecular formula is C21H35N5O4. The van der Waals surface area contributed by atoms with Crippen molar-refractivity contribution in [2.45, 2.75) is 65.5 Å². The van der Waals surface area contributed by atoms with E-state index < -0.39 is 17.5 Å². The molecule has 2 aliphatic heterocycles. The van der Waals surface area contributed by atoms with Gasteiger partial charge in [0.25, 0.3) is 5.91 Å². The number of hydrogen-bond donors (Lipinski definition) is 4. The van der Waals surface area contributed by atoms with Crippen molar-refractivity contribution in [3.05, 3.63) is 0 Å². The van der Waals surface area contributed by atoms with Gasteiger partial charge in [-0.3, -0.25) is 24.6 Å². The number of rotatable bonds is 6. The van der Waals surface area contributed by atoms with Crippen LogP contribution in [0.5, 0.6) is 0 Å². The molecule has 0 aromatic carbocycles. The van der Waals surface area contributed by atoms with Crippen molar-refractivity contribution in [2.75, 3.05) is 19.6 Å². The lowest BCUT2D eigenvalue weighted by molar-refractivity contribution is -0.144. The lowest BCUT2D eigenvalue weighted by Crippen LogP contribution is -2.59. The van der Waals surface area contributed by atoms with E-state index in [1.54, 1.807) is 4.90 Å². The van der Waals surface area contributed by atoms with Gasteiger partial charge in [-0.2, -0.15) is 0 Å². The van der Waals surface area contributed by atoms with Gasteiger partial charge in [-0.25, -0.2) is 5.43 Å². The van der Waals surface area contributed by atoms with E-state index in [9.17, 15) is 19.2 Å². The van der Waals surface area contributed by atoms with Crippen molar-refractivity contribution in [1.82, 2.24) is 26.4 Å². The molecule has 2 heterocycles. The summed E-state index contributed by atoms with van der Waals surface area (Å²) >= 11 is 0. The molecule has 3 rings (SSSR count). The Bertz CT molecular complexity index is 704. The van der Waals surface area contributed by atoms with Crippen LogP contribution in [0.4, 0.5) is 0 Å². The minimum Gasteiger partial charge on any atom is -0.356 e. The number of nitrogens with zero attached hydrogens (tertiary/aromatic N) is 1. The number of carbonyl (C=O) groups is 4. The highest BCUT2D eigenvalue weighted by Crippen LogP contribution is 2.43. The number of likely N-dealkylation sites (tertiary alicyclic amines) is 1. The van der Waals surface area contributed by atoms with E-state index in [1.807, 2.05) is 20.8 Å². The second-order valence-electron chi connectivity index (χ2n) is 9.94. The molecule has 0 unspecified atom stereocenters. The van der Waals surface area contributed by atoms with Crippen LogP contribution in [0, 0.1) is 23.2 Å². The van der Waals surface area contributed by atoms with Crippen molar-refractivity contribution < 1.29 is 19.2 Å². The molecule has 0 spiro atoms. The monoisotopic (exact) mass is 421 g/mol. The average molecular weight is 422 g/mol. The van der Waals surface area contributed by atoms with Gasteiger partial charge in [-0.05, 0) is 36.5 Å². The zero-order chi connectivity index (χ0) is 22.1. The molecule has 9 heteroatoms. The second kappa shape index (κ2) is 8.91. The van der Waals surface area contributed by atoms with Crippen LogP contribution < -0.4 is 21.5 Å². The van der Waals surface area contributed by atoms with Crippen LogP contribution in [0.25, 0.3) is 0 Å². The smallest absolute Gasteiger partial charge is 0.257 e. The molecule has 3 fully saturated rings. The third kappa shape index (κ3) is 4.77. The van der Waals surface area contributed by atoms with Crippen molar-refractivity contribution in [3.8, 4) is 0 Å². The van der Waals surface area contributed by atoms with Gasteiger partial charge in [-0.15, -0.1) is 0 Å². The summed E-state index contributed by atoms with van der Waals surface area (Å²) in [5, 5.41) is 5.56. The van der Waals surface area contributed by atoms with Crippen LogP contribution in [0.2, 0.25) is 0 Å². The highest BCUT2D eigenvalue weighted by Gasteiger charge is 2.51. The molecule has 30 heavy (non-hydrogen) atoms. The first-order valence-corrected chi connectivity index (χ1v) is 11.0. The minimum absolute atomic E-state index is 0.00592. The highest BCUT2D eigenvalue weighted by atomic mass is 16.2. The second-order valence-corrected chi connectivity index (χ2v) is 9.94. The summed E-state index contributed by atoms with van der Waals surface area (Å²) in [6, 6.07) is -1.26. The van der Waals surface area contributed by atoms with Gasteiger partial charge >= 0.3 is 0 Å². The van der Waals surface area contributed by atoms with Crippen molar-refractivity contribution in [2.24, 2.45) is 23.2 Å². The van der Waals surface area contributed by atoms with E-state index >= 15 is 0 Å². The van der Waals surface area contributed by atoms with Gasteiger partial charge in [0.15, 0.2) is 0 Å². The Labute approximate surface area is 178 Å². The highest BCUT2D eigenvalue weighted by molar-refractivity contribution is 5.93. The molecule has 3 aliphatic rings. The number of carbonyl (C=O) groups excluding carboxylic acids is 4. The van der Waals surface area contributed by atoms with Crippen LogP contribution in [-0.2, 0) is 19.2 Å². The molecule has 0 aromatic rings. The first kappa shape index (κ1) is 22.5. The predicted octanol–water partition coefficient (Wildman–Crippen LogP) is -0.0788. The Balaban J connectivity index is 1.70. The SMILES string of the molecule is CC(=O)N[C@H](C(=O)N1C[C@@H]2CCC[C@@H]2[C@H]1C(=O)NNC[C@@H]1CCNC1=O)C(C)(C)C. The summed E-state index contributed by atoms with van der Waals surface area (Å²) in [5.41, 5.74) is 5.16. The summed E-state index contributed by atoms with van der Waals surface area (Å²) in [5.74, 6) is -0.439. The van der Waals surface area contributed by atoms with Crippen LogP contribution >= 0.6 is 0 Å². The van der Waals surface area contributed by atoms with Gasteiger partial charge in [-0.1, -0.05) is 27.2 Å². The molecule has 0 aromatic heterocycles. The molecule has 2 saturated heterocycles. The number of fused-ring (bicyclic) bond motifs is 1. The summed E-state index contributed by atoms with van der Waals surface area (Å²) in [7, 11) is 0. The van der Waals surface area contributed by atoms with Crippen LogP contribution in [0.1, 0.15) is 53.4 Å². The van der Waals surface area contributed by atoms with E-state index in [4.69, 9.17) is 0 Å². The molecule has 1 aliphatic carbocycles. The normalized spacial score (nSPS) is 29.3. The third-order valence-corrected chi connectivity index (χ3v) is 6.63. The molecule has 5 atom stereocenters. The molecule has 4 N–H and O–H groups in total. The number of hydrazine groups is 1. The number of hydrogen-bond acceptors (Lipinski definition) is 5. The molecule has 0 radical (unpaired) electrons.